The SMILES string of the molecule is CNNC1=CCCCCC1. The fraction of sp³-hybridized carbons (Fsp3) is 0.750. The second-order valence-corrected chi connectivity index (χ2v) is 2.70. The van der Waals surface area contributed by atoms with Gasteiger partial charge in [0.2, 0.25) is 0 Å². The molecule has 0 radical (unpaired) electrons. The summed E-state index contributed by atoms with van der Waals surface area (Å²) in [6.07, 6.45) is 8.81. The molecule has 0 saturated carbocycles. The van der Waals surface area contributed by atoms with Crippen molar-refractivity contribution in [2.45, 2.75) is 32.1 Å². The first-order valence-electron chi connectivity index (χ1n) is 4.05. The van der Waals surface area contributed by atoms with Crippen molar-refractivity contribution in [3.63, 3.8) is 0 Å². The first-order chi connectivity index (χ1) is 4.93. The topological polar surface area (TPSA) is 24.1 Å². The summed E-state index contributed by atoms with van der Waals surface area (Å²) in [7, 11) is 1.91. The van der Waals surface area contributed by atoms with Crippen LogP contribution in [-0.4, -0.2) is 7.05 Å². The van der Waals surface area contributed by atoms with Gasteiger partial charge in [0.25, 0.3) is 0 Å². The molecule has 1 aliphatic rings. The van der Waals surface area contributed by atoms with Crippen LogP contribution in [0.2, 0.25) is 0 Å². The molecule has 0 aromatic carbocycles. The molecule has 0 amide bonds. The standard InChI is InChI=1S/C8H16N2/c1-9-10-8-6-4-2-3-5-7-8/h6,9-10H,2-5,7H2,1H3. The van der Waals surface area contributed by atoms with Gasteiger partial charge in [-0.05, 0) is 25.7 Å². The van der Waals surface area contributed by atoms with Crippen LogP contribution in [0, 0.1) is 0 Å². The van der Waals surface area contributed by atoms with Crippen LogP contribution in [-0.2, 0) is 0 Å². The number of rotatable bonds is 2. The predicted molar refractivity (Wildman–Crippen MR) is 43.4 cm³/mol. The van der Waals surface area contributed by atoms with E-state index in [0.29, 0.717) is 0 Å². The van der Waals surface area contributed by atoms with Crippen LogP contribution in [0.5, 0.6) is 0 Å². The van der Waals surface area contributed by atoms with Gasteiger partial charge in [0.1, 0.15) is 0 Å². The monoisotopic (exact) mass is 140 g/mol. The molecule has 0 aromatic rings. The van der Waals surface area contributed by atoms with Crippen molar-refractivity contribution >= 4 is 0 Å². The van der Waals surface area contributed by atoms with Crippen LogP contribution in [0.25, 0.3) is 0 Å². The summed E-state index contributed by atoms with van der Waals surface area (Å²) in [5.41, 5.74) is 7.44. The molecule has 0 atom stereocenters. The van der Waals surface area contributed by atoms with Crippen molar-refractivity contribution < 1.29 is 0 Å². The lowest BCUT2D eigenvalue weighted by Crippen LogP contribution is -2.26. The third kappa shape index (κ3) is 2.40. The van der Waals surface area contributed by atoms with E-state index in [4.69, 9.17) is 0 Å². The van der Waals surface area contributed by atoms with Crippen LogP contribution in [0.1, 0.15) is 32.1 Å². The number of nitrogens with one attached hydrogen (secondary N) is 2. The summed E-state index contributed by atoms with van der Waals surface area (Å²) in [6, 6.07) is 0. The Morgan fingerprint density at radius 2 is 2.20 bits per heavy atom. The minimum Gasteiger partial charge on any atom is -0.326 e. The Morgan fingerprint density at radius 3 is 3.00 bits per heavy atom. The van der Waals surface area contributed by atoms with E-state index in [0.717, 1.165) is 0 Å². The van der Waals surface area contributed by atoms with Crippen molar-refractivity contribution in [3.8, 4) is 0 Å². The van der Waals surface area contributed by atoms with Crippen LogP contribution in [0.4, 0.5) is 0 Å². The fourth-order valence-electron chi connectivity index (χ4n) is 1.29. The summed E-state index contributed by atoms with van der Waals surface area (Å²) >= 11 is 0. The maximum atomic E-state index is 3.14. The van der Waals surface area contributed by atoms with E-state index in [2.05, 4.69) is 16.9 Å². The summed E-state index contributed by atoms with van der Waals surface area (Å²) in [5.74, 6) is 0. The van der Waals surface area contributed by atoms with E-state index >= 15 is 0 Å². The normalized spacial score (nSPS) is 19.5. The molecule has 0 bridgehead atoms. The predicted octanol–water partition coefficient (Wildman–Crippen LogP) is 1.56. The summed E-state index contributed by atoms with van der Waals surface area (Å²) in [6.45, 7) is 0. The average molecular weight is 140 g/mol. The Balaban J connectivity index is 2.31. The average Bonchev–Trinajstić information content (AvgIpc) is 2.17. The van der Waals surface area contributed by atoms with Crippen molar-refractivity contribution in [2.24, 2.45) is 0 Å². The van der Waals surface area contributed by atoms with Gasteiger partial charge < -0.3 is 5.43 Å². The minimum absolute atomic E-state index is 1.21. The number of hydrogen-bond donors (Lipinski definition) is 2. The van der Waals surface area contributed by atoms with E-state index in [1.807, 2.05) is 7.05 Å². The molecule has 58 valence electrons. The van der Waals surface area contributed by atoms with Gasteiger partial charge in [0.05, 0.1) is 0 Å². The molecule has 10 heavy (non-hydrogen) atoms. The number of hydrazine groups is 1. The van der Waals surface area contributed by atoms with Crippen LogP contribution in [0.15, 0.2) is 11.8 Å². The first kappa shape index (κ1) is 7.61. The lowest BCUT2D eigenvalue weighted by atomic mass is 10.2. The Kier molecular flexibility index (Phi) is 3.30. The van der Waals surface area contributed by atoms with Crippen LogP contribution < -0.4 is 10.9 Å². The highest BCUT2D eigenvalue weighted by Crippen LogP contribution is 2.13. The summed E-state index contributed by atoms with van der Waals surface area (Å²) in [4.78, 5) is 0. The van der Waals surface area contributed by atoms with E-state index in [-0.39, 0.29) is 0 Å². The third-order valence-corrected chi connectivity index (χ3v) is 1.83. The molecule has 0 heterocycles. The largest absolute Gasteiger partial charge is 0.326 e. The lowest BCUT2D eigenvalue weighted by molar-refractivity contribution is 0.634. The lowest BCUT2D eigenvalue weighted by Gasteiger charge is -2.06. The maximum absolute atomic E-state index is 3.14. The Labute approximate surface area is 62.7 Å². The minimum atomic E-state index is 1.21. The molecule has 0 fully saturated rings. The zero-order valence-electron chi connectivity index (χ0n) is 6.61. The zero-order chi connectivity index (χ0) is 7.23. The van der Waals surface area contributed by atoms with Gasteiger partial charge in [-0.25, -0.2) is 5.43 Å². The molecular formula is C8H16N2. The summed E-state index contributed by atoms with van der Waals surface area (Å²) in [5, 5.41) is 0. The van der Waals surface area contributed by atoms with E-state index < -0.39 is 0 Å². The smallest absolute Gasteiger partial charge is 0.0221 e. The van der Waals surface area contributed by atoms with Crippen LogP contribution in [0.3, 0.4) is 0 Å². The molecule has 1 aliphatic carbocycles. The highest BCUT2D eigenvalue weighted by molar-refractivity contribution is 4.99. The van der Waals surface area contributed by atoms with Crippen molar-refractivity contribution in [1.29, 1.82) is 0 Å². The fourth-order valence-corrected chi connectivity index (χ4v) is 1.29. The second kappa shape index (κ2) is 4.34. The number of hydrogen-bond acceptors (Lipinski definition) is 2. The Bertz CT molecular complexity index is 118. The van der Waals surface area contributed by atoms with Gasteiger partial charge in [-0.1, -0.05) is 12.5 Å². The highest BCUT2D eigenvalue weighted by Gasteiger charge is 1.99. The van der Waals surface area contributed by atoms with Gasteiger partial charge in [0, 0.05) is 12.7 Å². The zero-order valence-corrected chi connectivity index (χ0v) is 6.61. The molecule has 2 N–H and O–H groups in total. The van der Waals surface area contributed by atoms with E-state index in [1.165, 1.54) is 37.8 Å². The van der Waals surface area contributed by atoms with Crippen molar-refractivity contribution in [2.75, 3.05) is 7.05 Å². The van der Waals surface area contributed by atoms with Crippen LogP contribution >= 0.6 is 0 Å². The van der Waals surface area contributed by atoms with Gasteiger partial charge in [0.15, 0.2) is 0 Å². The molecule has 2 nitrogen and oxygen atoms in total. The molecule has 0 unspecified atom stereocenters. The van der Waals surface area contributed by atoms with E-state index in [1.54, 1.807) is 0 Å². The molecule has 1 rings (SSSR count). The Morgan fingerprint density at radius 1 is 1.30 bits per heavy atom. The third-order valence-electron chi connectivity index (χ3n) is 1.83. The second-order valence-electron chi connectivity index (χ2n) is 2.70. The van der Waals surface area contributed by atoms with E-state index in [9.17, 15) is 0 Å². The quantitative estimate of drug-likeness (QED) is 0.569. The molecular weight excluding hydrogens is 124 g/mol. The molecule has 2 heteroatoms. The molecule has 0 spiro atoms. The van der Waals surface area contributed by atoms with Gasteiger partial charge in [-0.3, -0.25) is 0 Å². The van der Waals surface area contributed by atoms with Gasteiger partial charge in [-0.2, -0.15) is 0 Å². The van der Waals surface area contributed by atoms with Gasteiger partial charge in [-0.15, -0.1) is 0 Å². The molecule has 0 aromatic heterocycles. The highest BCUT2D eigenvalue weighted by atomic mass is 15.3. The molecule has 0 saturated heterocycles. The maximum Gasteiger partial charge on any atom is 0.0221 e. The van der Waals surface area contributed by atoms with Crippen molar-refractivity contribution in [1.82, 2.24) is 10.9 Å². The molecule has 0 aliphatic heterocycles. The Hall–Kier alpha value is -0.500. The van der Waals surface area contributed by atoms with Gasteiger partial charge >= 0.3 is 0 Å². The summed E-state index contributed by atoms with van der Waals surface area (Å²) < 4.78 is 0. The van der Waals surface area contributed by atoms with Crippen molar-refractivity contribution in [3.05, 3.63) is 11.8 Å². The number of allylic oxidation sites excluding steroid dienone is 2. The first-order valence-corrected chi connectivity index (χ1v) is 4.05.